The lowest BCUT2D eigenvalue weighted by molar-refractivity contribution is -0.384. The fourth-order valence-corrected chi connectivity index (χ4v) is 3.60. The summed E-state index contributed by atoms with van der Waals surface area (Å²) in [5.74, 6) is 0. The average molecular weight is 303 g/mol. The van der Waals surface area contributed by atoms with Crippen molar-refractivity contribution in [2.75, 3.05) is 31.1 Å². The first-order valence-corrected chi connectivity index (χ1v) is 7.91. The Morgan fingerprint density at radius 1 is 1.14 bits per heavy atom. The van der Waals surface area contributed by atoms with Gasteiger partial charge in [-0.25, -0.2) is 0 Å². The van der Waals surface area contributed by atoms with E-state index in [9.17, 15) is 14.9 Å². The second-order valence-corrected chi connectivity index (χ2v) is 6.08. The molecule has 6 heteroatoms. The Balaban J connectivity index is 1.74. The van der Waals surface area contributed by atoms with E-state index in [4.69, 9.17) is 0 Å². The normalized spacial score (nSPS) is 20.3. The predicted molar refractivity (Wildman–Crippen MR) is 84.5 cm³/mol. The van der Waals surface area contributed by atoms with Gasteiger partial charge in [-0.2, -0.15) is 0 Å². The van der Waals surface area contributed by atoms with E-state index < -0.39 is 0 Å². The van der Waals surface area contributed by atoms with Gasteiger partial charge in [0.2, 0.25) is 0 Å². The Kier molecular flexibility index (Phi) is 4.38. The summed E-state index contributed by atoms with van der Waals surface area (Å²) < 4.78 is 0. The predicted octanol–water partition coefficient (Wildman–Crippen LogP) is 2.47. The first-order chi connectivity index (χ1) is 10.7. The third kappa shape index (κ3) is 2.97. The lowest BCUT2D eigenvalue weighted by atomic mass is 10.0. The van der Waals surface area contributed by atoms with Gasteiger partial charge in [0.05, 0.1) is 4.92 Å². The van der Waals surface area contributed by atoms with Crippen LogP contribution in [0.2, 0.25) is 0 Å². The van der Waals surface area contributed by atoms with Gasteiger partial charge in [0, 0.05) is 30.8 Å². The molecule has 22 heavy (non-hydrogen) atoms. The number of nitro benzene ring substituents is 1. The van der Waals surface area contributed by atoms with Crippen molar-refractivity contribution in [1.82, 2.24) is 4.90 Å². The molecule has 118 valence electrons. The first kappa shape index (κ1) is 15.0. The highest BCUT2D eigenvalue weighted by Crippen LogP contribution is 2.32. The summed E-state index contributed by atoms with van der Waals surface area (Å²) in [6.45, 7) is 3.99. The van der Waals surface area contributed by atoms with Crippen molar-refractivity contribution in [1.29, 1.82) is 0 Å². The van der Waals surface area contributed by atoms with Crippen LogP contribution in [0.4, 0.5) is 11.4 Å². The molecule has 2 fully saturated rings. The van der Waals surface area contributed by atoms with Gasteiger partial charge in [0.1, 0.15) is 12.0 Å². The summed E-state index contributed by atoms with van der Waals surface area (Å²) in [5, 5.41) is 11.2. The average Bonchev–Trinajstić information content (AvgIpc) is 3.09. The highest BCUT2D eigenvalue weighted by molar-refractivity contribution is 5.80. The number of likely N-dealkylation sites (tertiary alicyclic amines) is 1. The second-order valence-electron chi connectivity index (χ2n) is 6.08. The molecule has 2 heterocycles. The highest BCUT2D eigenvalue weighted by atomic mass is 16.6. The van der Waals surface area contributed by atoms with Gasteiger partial charge in [-0.3, -0.25) is 14.9 Å². The van der Waals surface area contributed by atoms with Gasteiger partial charge in [-0.1, -0.05) is 0 Å². The zero-order chi connectivity index (χ0) is 15.5. The molecule has 2 saturated heterocycles. The standard InChI is InChI=1S/C16H21N3O3/c20-12-13-3-4-15(19(21)22)16(11-13)18-9-5-14(6-10-18)17-7-1-2-8-17/h3-4,11-12,14H,1-2,5-10H2. The number of anilines is 1. The van der Waals surface area contributed by atoms with Gasteiger partial charge < -0.3 is 9.80 Å². The molecular weight excluding hydrogens is 282 g/mol. The number of nitro groups is 1. The number of nitrogens with zero attached hydrogens (tertiary/aromatic N) is 3. The number of aldehydes is 1. The summed E-state index contributed by atoms with van der Waals surface area (Å²) in [6.07, 6.45) is 5.37. The number of hydrogen-bond donors (Lipinski definition) is 0. The Hall–Kier alpha value is -1.95. The fraction of sp³-hybridized carbons (Fsp3) is 0.562. The monoisotopic (exact) mass is 303 g/mol. The van der Waals surface area contributed by atoms with Crippen molar-refractivity contribution in [3.8, 4) is 0 Å². The van der Waals surface area contributed by atoms with Crippen LogP contribution in [0.3, 0.4) is 0 Å². The summed E-state index contributed by atoms with van der Waals surface area (Å²) in [7, 11) is 0. The van der Waals surface area contributed by atoms with Gasteiger partial charge in [0.25, 0.3) is 5.69 Å². The maximum Gasteiger partial charge on any atom is 0.292 e. The van der Waals surface area contributed by atoms with Gasteiger partial charge in [-0.05, 0) is 50.9 Å². The Morgan fingerprint density at radius 2 is 1.82 bits per heavy atom. The summed E-state index contributed by atoms with van der Waals surface area (Å²) >= 11 is 0. The molecule has 1 aromatic rings. The van der Waals surface area contributed by atoms with Gasteiger partial charge in [0.15, 0.2) is 0 Å². The third-order valence-electron chi connectivity index (χ3n) is 4.79. The lowest BCUT2D eigenvalue weighted by Crippen LogP contribution is -2.44. The molecule has 0 N–H and O–H groups in total. The van der Waals surface area contributed by atoms with E-state index in [2.05, 4.69) is 9.80 Å². The number of carbonyl (C=O) groups is 1. The lowest BCUT2D eigenvalue weighted by Gasteiger charge is -2.37. The molecule has 0 saturated carbocycles. The van der Waals surface area contributed by atoms with E-state index >= 15 is 0 Å². The van der Waals surface area contributed by atoms with Crippen molar-refractivity contribution < 1.29 is 9.72 Å². The maximum atomic E-state index is 11.2. The minimum atomic E-state index is -0.365. The van der Waals surface area contributed by atoms with E-state index in [1.165, 1.54) is 38.1 Å². The zero-order valence-corrected chi connectivity index (χ0v) is 12.6. The van der Waals surface area contributed by atoms with E-state index in [1.807, 2.05) is 0 Å². The minimum Gasteiger partial charge on any atom is -0.366 e. The van der Waals surface area contributed by atoms with Crippen molar-refractivity contribution in [3.05, 3.63) is 33.9 Å². The fourth-order valence-electron chi connectivity index (χ4n) is 3.60. The Labute approximate surface area is 129 Å². The molecule has 6 nitrogen and oxygen atoms in total. The van der Waals surface area contributed by atoms with E-state index in [0.29, 0.717) is 17.3 Å². The molecular formula is C16H21N3O3. The van der Waals surface area contributed by atoms with Crippen LogP contribution in [0.1, 0.15) is 36.0 Å². The third-order valence-corrected chi connectivity index (χ3v) is 4.79. The van der Waals surface area contributed by atoms with Crippen molar-refractivity contribution in [3.63, 3.8) is 0 Å². The SMILES string of the molecule is O=Cc1ccc([N+](=O)[O-])c(N2CCC(N3CCCC3)CC2)c1. The number of rotatable bonds is 4. The molecule has 0 radical (unpaired) electrons. The van der Waals surface area contributed by atoms with Crippen LogP contribution in [0.5, 0.6) is 0 Å². The molecule has 3 rings (SSSR count). The maximum absolute atomic E-state index is 11.2. The van der Waals surface area contributed by atoms with Crippen molar-refractivity contribution in [2.24, 2.45) is 0 Å². The van der Waals surface area contributed by atoms with Crippen LogP contribution < -0.4 is 4.90 Å². The molecule has 2 aliphatic rings. The van der Waals surface area contributed by atoms with Crippen LogP contribution in [-0.4, -0.2) is 48.3 Å². The van der Waals surface area contributed by atoms with Crippen LogP contribution in [0.15, 0.2) is 18.2 Å². The topological polar surface area (TPSA) is 66.7 Å². The Bertz CT molecular complexity index is 562. The van der Waals surface area contributed by atoms with Crippen LogP contribution >= 0.6 is 0 Å². The number of hydrogen-bond acceptors (Lipinski definition) is 5. The van der Waals surface area contributed by atoms with Gasteiger partial charge in [-0.15, -0.1) is 0 Å². The van der Waals surface area contributed by atoms with E-state index in [-0.39, 0.29) is 10.6 Å². The molecule has 0 atom stereocenters. The van der Waals surface area contributed by atoms with Crippen molar-refractivity contribution in [2.45, 2.75) is 31.7 Å². The number of benzene rings is 1. The van der Waals surface area contributed by atoms with E-state index in [0.717, 1.165) is 32.2 Å². The second kappa shape index (κ2) is 6.44. The molecule has 0 unspecified atom stereocenters. The molecule has 0 aromatic heterocycles. The number of piperidine rings is 1. The molecule has 0 spiro atoms. The highest BCUT2D eigenvalue weighted by Gasteiger charge is 2.29. The van der Waals surface area contributed by atoms with Gasteiger partial charge >= 0.3 is 0 Å². The largest absolute Gasteiger partial charge is 0.366 e. The zero-order valence-electron chi connectivity index (χ0n) is 12.6. The van der Waals surface area contributed by atoms with Crippen LogP contribution in [-0.2, 0) is 0 Å². The first-order valence-electron chi connectivity index (χ1n) is 7.91. The summed E-state index contributed by atoms with van der Waals surface area (Å²) in [6, 6.07) is 5.19. The smallest absolute Gasteiger partial charge is 0.292 e. The number of carbonyl (C=O) groups excluding carboxylic acids is 1. The summed E-state index contributed by atoms with van der Waals surface area (Å²) in [5.41, 5.74) is 1.15. The molecule has 2 aliphatic heterocycles. The molecule has 0 aliphatic carbocycles. The quantitative estimate of drug-likeness (QED) is 0.485. The molecule has 1 aromatic carbocycles. The van der Waals surface area contributed by atoms with E-state index in [1.54, 1.807) is 6.07 Å². The van der Waals surface area contributed by atoms with Crippen molar-refractivity contribution >= 4 is 17.7 Å². The Morgan fingerprint density at radius 3 is 2.41 bits per heavy atom. The van der Waals surface area contributed by atoms with Crippen LogP contribution in [0, 0.1) is 10.1 Å². The van der Waals surface area contributed by atoms with Crippen LogP contribution in [0.25, 0.3) is 0 Å². The summed E-state index contributed by atoms with van der Waals surface area (Å²) in [4.78, 5) is 26.4. The minimum absolute atomic E-state index is 0.0882. The molecule has 0 amide bonds. The molecule has 0 bridgehead atoms.